The van der Waals surface area contributed by atoms with Crippen LogP contribution < -0.4 is 10.9 Å². The lowest BCUT2D eigenvalue weighted by Gasteiger charge is -2.09. The zero-order valence-electron chi connectivity index (χ0n) is 10.5. The van der Waals surface area contributed by atoms with Crippen LogP contribution in [0.25, 0.3) is 5.65 Å². The number of pyridine rings is 1. The Kier molecular flexibility index (Phi) is 2.88. The molecule has 0 radical (unpaired) electrons. The summed E-state index contributed by atoms with van der Waals surface area (Å²) in [6.45, 7) is 4.04. The lowest BCUT2D eigenvalue weighted by atomic mass is 10.0. The fourth-order valence-corrected chi connectivity index (χ4v) is 2.65. The van der Waals surface area contributed by atoms with E-state index in [1.54, 1.807) is 10.5 Å². The number of rotatable bonds is 2. The minimum atomic E-state index is 0.0269. The number of fused-ring (bicyclic) bond motifs is 1. The maximum atomic E-state index is 12.1. The van der Waals surface area contributed by atoms with Crippen LogP contribution in [0.1, 0.15) is 17.8 Å². The van der Waals surface area contributed by atoms with Gasteiger partial charge in [0, 0.05) is 17.5 Å². The van der Waals surface area contributed by atoms with Gasteiger partial charge in [-0.2, -0.15) is 0 Å². The quantitative estimate of drug-likeness (QED) is 0.861. The number of nitrogens with zero attached hydrogens (tertiary/aromatic N) is 2. The van der Waals surface area contributed by atoms with Gasteiger partial charge in [0.2, 0.25) is 0 Å². The molecular formula is C14H17N3O. The molecule has 0 amide bonds. The van der Waals surface area contributed by atoms with Crippen molar-refractivity contribution in [1.29, 1.82) is 0 Å². The van der Waals surface area contributed by atoms with E-state index in [0.29, 0.717) is 5.92 Å². The van der Waals surface area contributed by atoms with Gasteiger partial charge >= 0.3 is 0 Å². The molecule has 3 heterocycles. The summed E-state index contributed by atoms with van der Waals surface area (Å²) in [4.78, 5) is 16.7. The molecule has 1 aliphatic rings. The molecule has 0 saturated carbocycles. The molecule has 2 aromatic rings. The average molecular weight is 243 g/mol. The summed E-state index contributed by atoms with van der Waals surface area (Å²) in [6, 6.07) is 7.44. The Balaban J connectivity index is 2.02. The van der Waals surface area contributed by atoms with E-state index in [-0.39, 0.29) is 5.56 Å². The topological polar surface area (TPSA) is 46.4 Å². The van der Waals surface area contributed by atoms with E-state index in [9.17, 15) is 4.79 Å². The van der Waals surface area contributed by atoms with E-state index >= 15 is 0 Å². The zero-order valence-corrected chi connectivity index (χ0v) is 10.5. The van der Waals surface area contributed by atoms with Gasteiger partial charge in [0.15, 0.2) is 0 Å². The highest BCUT2D eigenvalue weighted by Crippen LogP contribution is 2.13. The van der Waals surface area contributed by atoms with E-state index in [1.165, 1.54) is 6.42 Å². The first-order valence-electron chi connectivity index (χ1n) is 6.43. The zero-order chi connectivity index (χ0) is 12.5. The first-order valence-corrected chi connectivity index (χ1v) is 6.43. The van der Waals surface area contributed by atoms with Crippen molar-refractivity contribution in [1.82, 2.24) is 14.7 Å². The van der Waals surface area contributed by atoms with Gasteiger partial charge in [-0.15, -0.1) is 0 Å². The van der Waals surface area contributed by atoms with Crippen LogP contribution in [0.4, 0.5) is 0 Å². The van der Waals surface area contributed by atoms with Crippen molar-refractivity contribution < 1.29 is 0 Å². The van der Waals surface area contributed by atoms with Gasteiger partial charge in [0.25, 0.3) is 5.56 Å². The summed E-state index contributed by atoms with van der Waals surface area (Å²) < 4.78 is 1.66. The third kappa shape index (κ3) is 2.04. The molecule has 94 valence electrons. The van der Waals surface area contributed by atoms with Gasteiger partial charge in [0.1, 0.15) is 5.65 Å². The maximum Gasteiger partial charge on any atom is 0.258 e. The van der Waals surface area contributed by atoms with E-state index in [1.807, 2.05) is 25.1 Å². The number of aryl methyl sites for hydroxylation is 1. The van der Waals surface area contributed by atoms with E-state index in [2.05, 4.69) is 10.3 Å². The molecule has 0 aliphatic carbocycles. The standard InChI is InChI=1S/C14H17N3O/c1-10-3-2-4-13-16-12(8-14(18)17(10)13)7-11-5-6-15-9-11/h2-4,8,11,15H,5-7,9H2,1H3. The van der Waals surface area contributed by atoms with Crippen molar-refractivity contribution in [2.24, 2.45) is 5.92 Å². The first kappa shape index (κ1) is 11.4. The molecule has 4 nitrogen and oxygen atoms in total. The van der Waals surface area contributed by atoms with Crippen molar-refractivity contribution in [3.05, 3.63) is 46.0 Å². The maximum absolute atomic E-state index is 12.1. The van der Waals surface area contributed by atoms with Crippen molar-refractivity contribution in [3.8, 4) is 0 Å². The van der Waals surface area contributed by atoms with Gasteiger partial charge in [-0.05, 0) is 50.9 Å². The predicted molar refractivity (Wildman–Crippen MR) is 70.9 cm³/mol. The van der Waals surface area contributed by atoms with Crippen molar-refractivity contribution in [2.45, 2.75) is 19.8 Å². The second kappa shape index (κ2) is 4.53. The molecule has 1 fully saturated rings. The summed E-state index contributed by atoms with van der Waals surface area (Å²) >= 11 is 0. The third-order valence-corrected chi connectivity index (χ3v) is 3.59. The molecule has 1 unspecified atom stereocenters. The summed E-state index contributed by atoms with van der Waals surface area (Å²) in [6.07, 6.45) is 2.07. The SMILES string of the molecule is Cc1cccc2nc(CC3CCNC3)cc(=O)n12. The molecule has 4 heteroatoms. The highest BCUT2D eigenvalue weighted by molar-refractivity contribution is 5.40. The molecular weight excluding hydrogens is 226 g/mol. The van der Waals surface area contributed by atoms with Crippen LogP contribution >= 0.6 is 0 Å². The monoisotopic (exact) mass is 243 g/mol. The van der Waals surface area contributed by atoms with Crippen LogP contribution in [0.2, 0.25) is 0 Å². The number of hydrogen-bond donors (Lipinski definition) is 1. The van der Waals surface area contributed by atoms with Crippen LogP contribution in [0.5, 0.6) is 0 Å². The van der Waals surface area contributed by atoms with E-state index in [4.69, 9.17) is 0 Å². The average Bonchev–Trinajstić information content (AvgIpc) is 2.81. The first-order chi connectivity index (χ1) is 8.74. The molecule has 2 aromatic heterocycles. The highest BCUT2D eigenvalue weighted by Gasteiger charge is 2.16. The number of aromatic nitrogens is 2. The van der Waals surface area contributed by atoms with Gasteiger partial charge in [0.05, 0.1) is 0 Å². The van der Waals surface area contributed by atoms with Gasteiger partial charge in [-0.25, -0.2) is 4.98 Å². The normalized spacial score (nSPS) is 19.5. The highest BCUT2D eigenvalue weighted by atomic mass is 16.1. The Labute approximate surface area is 106 Å². The van der Waals surface area contributed by atoms with Crippen LogP contribution in [0.15, 0.2) is 29.1 Å². The molecule has 1 N–H and O–H groups in total. The van der Waals surface area contributed by atoms with Crippen LogP contribution in [-0.4, -0.2) is 22.5 Å². The third-order valence-electron chi connectivity index (χ3n) is 3.59. The van der Waals surface area contributed by atoms with Crippen LogP contribution in [0.3, 0.4) is 0 Å². The minimum absolute atomic E-state index is 0.0269. The van der Waals surface area contributed by atoms with Crippen molar-refractivity contribution in [3.63, 3.8) is 0 Å². The van der Waals surface area contributed by atoms with E-state index in [0.717, 1.165) is 36.5 Å². The van der Waals surface area contributed by atoms with Crippen molar-refractivity contribution in [2.75, 3.05) is 13.1 Å². The molecule has 1 atom stereocenters. The predicted octanol–water partition coefficient (Wildman–Crippen LogP) is 1.15. The Morgan fingerprint density at radius 1 is 1.50 bits per heavy atom. The second-order valence-electron chi connectivity index (χ2n) is 5.01. The Hall–Kier alpha value is -1.68. The molecule has 3 rings (SSSR count). The largest absolute Gasteiger partial charge is 0.316 e. The minimum Gasteiger partial charge on any atom is -0.316 e. The summed E-state index contributed by atoms with van der Waals surface area (Å²) in [5, 5.41) is 3.34. The molecule has 18 heavy (non-hydrogen) atoms. The smallest absolute Gasteiger partial charge is 0.258 e. The molecule has 0 spiro atoms. The van der Waals surface area contributed by atoms with Gasteiger partial charge in [-0.1, -0.05) is 6.07 Å². The Bertz CT molecular complexity index is 626. The molecule has 1 saturated heterocycles. The van der Waals surface area contributed by atoms with E-state index < -0.39 is 0 Å². The Morgan fingerprint density at radius 3 is 3.17 bits per heavy atom. The fourth-order valence-electron chi connectivity index (χ4n) is 2.65. The summed E-state index contributed by atoms with van der Waals surface area (Å²) in [5.41, 5.74) is 2.63. The Morgan fingerprint density at radius 2 is 2.39 bits per heavy atom. The fraction of sp³-hybridized carbons (Fsp3) is 0.429. The summed E-state index contributed by atoms with van der Waals surface area (Å²) in [5.74, 6) is 0.615. The lowest BCUT2D eigenvalue weighted by molar-refractivity contribution is 0.571. The number of hydrogen-bond acceptors (Lipinski definition) is 3. The van der Waals surface area contributed by atoms with Crippen LogP contribution in [-0.2, 0) is 6.42 Å². The molecule has 0 aromatic carbocycles. The second-order valence-corrected chi connectivity index (χ2v) is 5.01. The number of nitrogens with one attached hydrogen (secondary N) is 1. The van der Waals surface area contributed by atoms with Crippen molar-refractivity contribution >= 4 is 5.65 Å². The lowest BCUT2D eigenvalue weighted by Crippen LogP contribution is -2.19. The summed E-state index contributed by atoms with van der Waals surface area (Å²) in [7, 11) is 0. The molecule has 1 aliphatic heterocycles. The van der Waals surface area contributed by atoms with Crippen LogP contribution in [0, 0.1) is 12.8 Å². The van der Waals surface area contributed by atoms with Gasteiger partial charge in [-0.3, -0.25) is 9.20 Å². The van der Waals surface area contributed by atoms with Gasteiger partial charge < -0.3 is 5.32 Å². The molecule has 0 bridgehead atoms.